The maximum absolute atomic E-state index is 13.0. The molecule has 2 aromatic rings. The van der Waals surface area contributed by atoms with Crippen LogP contribution in [0.2, 0.25) is 0 Å². The molecule has 0 spiro atoms. The molecule has 0 bridgehead atoms. The largest absolute Gasteiger partial charge is 0.334 e. The third-order valence-corrected chi connectivity index (χ3v) is 7.84. The maximum atomic E-state index is 13.0. The lowest BCUT2D eigenvalue weighted by Gasteiger charge is -2.34. The Morgan fingerprint density at radius 2 is 1.55 bits per heavy atom. The highest BCUT2D eigenvalue weighted by Gasteiger charge is 2.32. The topological polar surface area (TPSA) is 57.7 Å². The van der Waals surface area contributed by atoms with Crippen LogP contribution in [-0.4, -0.2) is 43.2 Å². The van der Waals surface area contributed by atoms with Gasteiger partial charge >= 0.3 is 0 Å². The van der Waals surface area contributed by atoms with E-state index in [2.05, 4.69) is 26.0 Å². The van der Waals surface area contributed by atoms with Crippen molar-refractivity contribution in [1.82, 2.24) is 9.21 Å². The van der Waals surface area contributed by atoms with Gasteiger partial charge in [-0.15, -0.1) is 0 Å². The average molecular weight is 413 g/mol. The van der Waals surface area contributed by atoms with Gasteiger partial charge in [0, 0.05) is 31.7 Å². The molecule has 2 atom stereocenters. The first kappa shape index (κ1) is 20.1. The SMILES string of the molecule is C[C@@H]1C[C@@H](C)CN(S(=O)(=O)c2ccc(C(=O)N3CCc4ccccc4C3)cc2)C1. The molecule has 0 aromatic heterocycles. The number of amides is 1. The highest BCUT2D eigenvalue weighted by Crippen LogP contribution is 2.27. The summed E-state index contributed by atoms with van der Waals surface area (Å²) in [5, 5.41) is 0. The van der Waals surface area contributed by atoms with Gasteiger partial charge in [-0.3, -0.25) is 4.79 Å². The van der Waals surface area contributed by atoms with E-state index < -0.39 is 10.0 Å². The Morgan fingerprint density at radius 1 is 0.931 bits per heavy atom. The van der Waals surface area contributed by atoms with Crippen molar-refractivity contribution in [2.24, 2.45) is 11.8 Å². The maximum Gasteiger partial charge on any atom is 0.254 e. The van der Waals surface area contributed by atoms with Gasteiger partial charge in [-0.05, 0) is 60.1 Å². The number of carbonyl (C=O) groups is 1. The van der Waals surface area contributed by atoms with E-state index in [1.54, 1.807) is 28.6 Å². The first-order valence-corrected chi connectivity index (χ1v) is 11.7. The summed E-state index contributed by atoms with van der Waals surface area (Å²) in [6.45, 7) is 6.58. The molecular weight excluding hydrogens is 384 g/mol. The molecule has 5 nitrogen and oxygen atoms in total. The van der Waals surface area contributed by atoms with Crippen LogP contribution in [0.3, 0.4) is 0 Å². The van der Waals surface area contributed by atoms with Crippen LogP contribution in [0.4, 0.5) is 0 Å². The Labute approximate surface area is 173 Å². The summed E-state index contributed by atoms with van der Waals surface area (Å²) in [6.07, 6.45) is 1.90. The summed E-state index contributed by atoms with van der Waals surface area (Å²) in [5.74, 6) is 0.663. The van der Waals surface area contributed by atoms with Crippen LogP contribution in [0.15, 0.2) is 53.4 Å². The molecule has 1 amide bonds. The molecule has 29 heavy (non-hydrogen) atoms. The van der Waals surface area contributed by atoms with Gasteiger partial charge in [0.25, 0.3) is 5.91 Å². The fourth-order valence-corrected chi connectivity index (χ4v) is 6.25. The van der Waals surface area contributed by atoms with E-state index >= 15 is 0 Å². The summed E-state index contributed by atoms with van der Waals surface area (Å²) < 4.78 is 27.6. The second-order valence-corrected chi connectivity index (χ2v) is 10.5. The van der Waals surface area contributed by atoms with E-state index in [-0.39, 0.29) is 10.8 Å². The van der Waals surface area contributed by atoms with Gasteiger partial charge in [0.1, 0.15) is 0 Å². The number of hydrogen-bond donors (Lipinski definition) is 0. The fourth-order valence-electron chi connectivity index (χ4n) is 4.57. The number of piperidine rings is 1. The highest BCUT2D eigenvalue weighted by atomic mass is 32.2. The predicted molar refractivity (Wildman–Crippen MR) is 113 cm³/mol. The summed E-state index contributed by atoms with van der Waals surface area (Å²) >= 11 is 0. The Morgan fingerprint density at radius 3 is 2.21 bits per heavy atom. The second-order valence-electron chi connectivity index (χ2n) is 8.54. The molecule has 2 aromatic carbocycles. The minimum Gasteiger partial charge on any atom is -0.334 e. The van der Waals surface area contributed by atoms with Crippen LogP contribution < -0.4 is 0 Å². The Hall–Kier alpha value is -2.18. The lowest BCUT2D eigenvalue weighted by molar-refractivity contribution is 0.0734. The average Bonchev–Trinajstić information content (AvgIpc) is 2.72. The van der Waals surface area contributed by atoms with Crippen LogP contribution in [-0.2, 0) is 23.0 Å². The molecule has 0 N–H and O–H groups in total. The van der Waals surface area contributed by atoms with Crippen molar-refractivity contribution in [3.63, 3.8) is 0 Å². The summed E-state index contributed by atoms with van der Waals surface area (Å²) in [6, 6.07) is 14.6. The summed E-state index contributed by atoms with van der Waals surface area (Å²) in [5.41, 5.74) is 3.01. The zero-order valence-corrected chi connectivity index (χ0v) is 17.9. The van der Waals surface area contributed by atoms with Crippen molar-refractivity contribution in [3.8, 4) is 0 Å². The lowest BCUT2D eigenvalue weighted by atomic mass is 9.94. The molecule has 1 fully saturated rings. The van der Waals surface area contributed by atoms with E-state index in [4.69, 9.17) is 0 Å². The van der Waals surface area contributed by atoms with Gasteiger partial charge in [-0.1, -0.05) is 38.1 Å². The van der Waals surface area contributed by atoms with Gasteiger partial charge in [0.05, 0.1) is 4.90 Å². The van der Waals surface area contributed by atoms with Gasteiger partial charge in [-0.2, -0.15) is 4.31 Å². The molecule has 1 saturated heterocycles. The minimum atomic E-state index is -3.53. The van der Waals surface area contributed by atoms with Crippen molar-refractivity contribution in [2.75, 3.05) is 19.6 Å². The molecule has 154 valence electrons. The van der Waals surface area contributed by atoms with Gasteiger partial charge in [0.2, 0.25) is 10.0 Å². The van der Waals surface area contributed by atoms with Crippen molar-refractivity contribution < 1.29 is 13.2 Å². The summed E-state index contributed by atoms with van der Waals surface area (Å²) in [4.78, 5) is 15.0. The van der Waals surface area contributed by atoms with E-state index in [0.29, 0.717) is 43.6 Å². The number of sulfonamides is 1. The van der Waals surface area contributed by atoms with E-state index in [9.17, 15) is 13.2 Å². The standard InChI is InChI=1S/C23H28N2O3S/c1-17-13-18(2)15-25(14-17)29(27,28)22-9-7-20(8-10-22)23(26)24-12-11-19-5-3-4-6-21(19)16-24/h3-10,17-18H,11-16H2,1-2H3/t17-,18-/m1/s1. The van der Waals surface area contributed by atoms with E-state index in [0.717, 1.165) is 12.8 Å². The first-order valence-electron chi connectivity index (χ1n) is 10.3. The molecular formula is C23H28N2O3S. The highest BCUT2D eigenvalue weighted by molar-refractivity contribution is 7.89. The van der Waals surface area contributed by atoms with Crippen LogP contribution >= 0.6 is 0 Å². The molecule has 0 saturated carbocycles. The van der Waals surface area contributed by atoms with Crippen LogP contribution in [0, 0.1) is 11.8 Å². The smallest absolute Gasteiger partial charge is 0.254 e. The zero-order chi connectivity index (χ0) is 20.6. The van der Waals surface area contributed by atoms with Crippen molar-refractivity contribution in [1.29, 1.82) is 0 Å². The van der Waals surface area contributed by atoms with Crippen molar-refractivity contribution in [2.45, 2.75) is 38.1 Å². The van der Waals surface area contributed by atoms with Crippen molar-refractivity contribution in [3.05, 3.63) is 65.2 Å². The van der Waals surface area contributed by atoms with Crippen LogP contribution in [0.25, 0.3) is 0 Å². The number of carbonyl (C=O) groups excluding carboxylic acids is 1. The molecule has 2 aliphatic heterocycles. The molecule has 4 rings (SSSR count). The molecule has 6 heteroatoms. The number of rotatable bonds is 3. The quantitative estimate of drug-likeness (QED) is 0.775. The molecule has 0 unspecified atom stereocenters. The fraction of sp³-hybridized carbons (Fsp3) is 0.435. The predicted octanol–water partition coefficient (Wildman–Crippen LogP) is 3.55. The number of hydrogen-bond acceptors (Lipinski definition) is 3. The van der Waals surface area contributed by atoms with E-state index in [1.807, 2.05) is 17.0 Å². The Kier molecular flexibility index (Phi) is 5.49. The molecule has 2 aliphatic rings. The molecule has 0 aliphatic carbocycles. The minimum absolute atomic E-state index is 0.0522. The summed E-state index contributed by atoms with van der Waals surface area (Å²) in [7, 11) is -3.53. The van der Waals surface area contributed by atoms with Gasteiger partial charge < -0.3 is 4.90 Å². The van der Waals surface area contributed by atoms with Gasteiger partial charge in [0.15, 0.2) is 0 Å². The lowest BCUT2D eigenvalue weighted by Crippen LogP contribution is -2.42. The first-order chi connectivity index (χ1) is 13.8. The third kappa shape index (κ3) is 4.09. The zero-order valence-electron chi connectivity index (χ0n) is 17.0. The van der Waals surface area contributed by atoms with Crippen LogP contribution in [0.1, 0.15) is 41.8 Å². The number of benzene rings is 2. The molecule has 2 heterocycles. The monoisotopic (exact) mass is 412 g/mol. The van der Waals surface area contributed by atoms with Crippen LogP contribution in [0.5, 0.6) is 0 Å². The van der Waals surface area contributed by atoms with E-state index in [1.165, 1.54) is 11.1 Å². The Balaban J connectivity index is 1.50. The third-order valence-electron chi connectivity index (χ3n) is 5.99. The van der Waals surface area contributed by atoms with Crippen molar-refractivity contribution >= 4 is 15.9 Å². The number of fused-ring (bicyclic) bond motifs is 1. The Bertz CT molecular complexity index is 991. The normalized spacial score (nSPS) is 22.9. The number of nitrogens with zero attached hydrogens (tertiary/aromatic N) is 2. The molecule has 0 radical (unpaired) electrons. The second kappa shape index (κ2) is 7.92. The van der Waals surface area contributed by atoms with Gasteiger partial charge in [-0.25, -0.2) is 8.42 Å².